The van der Waals surface area contributed by atoms with Crippen LogP contribution in [0.2, 0.25) is 0 Å². The third-order valence-electron chi connectivity index (χ3n) is 3.89. The second-order valence-corrected chi connectivity index (χ2v) is 5.87. The molecule has 1 aromatic rings. The van der Waals surface area contributed by atoms with Crippen molar-refractivity contribution < 1.29 is 9.21 Å². The van der Waals surface area contributed by atoms with E-state index in [1.54, 1.807) is 6.26 Å². The standard InChI is InChI=1S/C14H20BrNO2/c1-11-5-8-18-12(11)13(17)16-10-14(9-15)6-3-2-4-7-14/h5,8H,2-4,6-7,9-10H2,1H3,(H,16,17). The van der Waals surface area contributed by atoms with E-state index in [0.29, 0.717) is 5.76 Å². The fraction of sp³-hybridized carbons (Fsp3) is 0.643. The number of rotatable bonds is 4. The highest BCUT2D eigenvalue weighted by Crippen LogP contribution is 2.37. The summed E-state index contributed by atoms with van der Waals surface area (Å²) < 4.78 is 5.21. The van der Waals surface area contributed by atoms with Gasteiger partial charge in [-0.1, -0.05) is 35.2 Å². The van der Waals surface area contributed by atoms with Gasteiger partial charge in [-0.15, -0.1) is 0 Å². The van der Waals surface area contributed by atoms with Crippen molar-refractivity contribution in [2.45, 2.75) is 39.0 Å². The molecule has 4 heteroatoms. The third kappa shape index (κ3) is 2.97. The number of amides is 1. The van der Waals surface area contributed by atoms with Gasteiger partial charge in [0, 0.05) is 17.4 Å². The number of carbonyl (C=O) groups excluding carboxylic acids is 1. The summed E-state index contributed by atoms with van der Waals surface area (Å²) in [6, 6.07) is 1.82. The lowest BCUT2D eigenvalue weighted by Crippen LogP contribution is -2.40. The maximum Gasteiger partial charge on any atom is 0.287 e. The van der Waals surface area contributed by atoms with E-state index < -0.39 is 0 Å². The Bertz CT molecular complexity index is 408. The van der Waals surface area contributed by atoms with Gasteiger partial charge in [0.2, 0.25) is 0 Å². The maximum atomic E-state index is 12.0. The minimum atomic E-state index is -0.0941. The van der Waals surface area contributed by atoms with Crippen molar-refractivity contribution >= 4 is 21.8 Å². The van der Waals surface area contributed by atoms with E-state index in [2.05, 4.69) is 21.2 Å². The molecule has 0 spiro atoms. The van der Waals surface area contributed by atoms with Crippen LogP contribution in [-0.4, -0.2) is 17.8 Å². The molecule has 100 valence electrons. The van der Waals surface area contributed by atoms with Gasteiger partial charge in [0.1, 0.15) is 0 Å². The van der Waals surface area contributed by atoms with Crippen LogP contribution < -0.4 is 5.32 Å². The third-order valence-corrected chi connectivity index (χ3v) is 5.08. The van der Waals surface area contributed by atoms with Crippen molar-refractivity contribution in [2.24, 2.45) is 5.41 Å². The monoisotopic (exact) mass is 313 g/mol. The topological polar surface area (TPSA) is 42.2 Å². The highest BCUT2D eigenvalue weighted by Gasteiger charge is 2.31. The van der Waals surface area contributed by atoms with Crippen molar-refractivity contribution in [1.82, 2.24) is 5.32 Å². The molecule has 18 heavy (non-hydrogen) atoms. The molecule has 1 aromatic heterocycles. The van der Waals surface area contributed by atoms with Crippen LogP contribution in [0.1, 0.15) is 48.2 Å². The summed E-state index contributed by atoms with van der Waals surface area (Å²) in [5.41, 5.74) is 1.12. The summed E-state index contributed by atoms with van der Waals surface area (Å²) in [4.78, 5) is 12.0. The Morgan fingerprint density at radius 2 is 2.17 bits per heavy atom. The number of alkyl halides is 1. The van der Waals surface area contributed by atoms with Crippen LogP contribution in [0.15, 0.2) is 16.7 Å². The van der Waals surface area contributed by atoms with Crippen LogP contribution in [0, 0.1) is 12.3 Å². The predicted octanol–water partition coefficient (Wildman–Crippen LogP) is 3.66. The van der Waals surface area contributed by atoms with Gasteiger partial charge in [0.25, 0.3) is 5.91 Å². The van der Waals surface area contributed by atoms with Crippen LogP contribution in [-0.2, 0) is 0 Å². The second-order valence-electron chi connectivity index (χ2n) is 5.31. The number of aryl methyl sites for hydroxylation is 1. The Kier molecular flexibility index (Phi) is 4.49. The molecule has 0 bridgehead atoms. The average molecular weight is 314 g/mol. The van der Waals surface area contributed by atoms with Gasteiger partial charge in [-0.25, -0.2) is 0 Å². The van der Waals surface area contributed by atoms with E-state index in [4.69, 9.17) is 4.42 Å². The molecule has 2 rings (SSSR count). The fourth-order valence-electron chi connectivity index (χ4n) is 2.61. The first kappa shape index (κ1) is 13.7. The molecule has 0 saturated heterocycles. The zero-order valence-corrected chi connectivity index (χ0v) is 12.4. The number of nitrogens with one attached hydrogen (secondary N) is 1. The van der Waals surface area contributed by atoms with Crippen molar-refractivity contribution in [3.05, 3.63) is 23.7 Å². The van der Waals surface area contributed by atoms with Gasteiger partial charge in [-0.2, -0.15) is 0 Å². The molecule has 1 aliphatic carbocycles. The van der Waals surface area contributed by atoms with Crippen LogP contribution in [0.5, 0.6) is 0 Å². The van der Waals surface area contributed by atoms with E-state index in [0.717, 1.165) is 17.4 Å². The molecule has 3 nitrogen and oxygen atoms in total. The van der Waals surface area contributed by atoms with Gasteiger partial charge >= 0.3 is 0 Å². The Morgan fingerprint density at radius 1 is 1.44 bits per heavy atom. The zero-order valence-electron chi connectivity index (χ0n) is 10.8. The molecule has 0 radical (unpaired) electrons. The van der Waals surface area contributed by atoms with Gasteiger partial charge in [0.05, 0.1) is 6.26 Å². The average Bonchev–Trinajstić information content (AvgIpc) is 2.83. The summed E-state index contributed by atoms with van der Waals surface area (Å²) in [5, 5.41) is 3.98. The Balaban J connectivity index is 1.94. The first-order valence-corrected chi connectivity index (χ1v) is 7.67. The van der Waals surface area contributed by atoms with Crippen molar-refractivity contribution in [3.63, 3.8) is 0 Å². The highest BCUT2D eigenvalue weighted by atomic mass is 79.9. The SMILES string of the molecule is Cc1ccoc1C(=O)NCC1(CBr)CCCCC1. The summed E-state index contributed by atoms with van der Waals surface area (Å²) in [7, 11) is 0. The normalized spacial score (nSPS) is 18.6. The number of furan rings is 1. The minimum absolute atomic E-state index is 0.0941. The number of hydrogen-bond acceptors (Lipinski definition) is 2. The smallest absolute Gasteiger partial charge is 0.287 e. The van der Waals surface area contributed by atoms with Crippen molar-refractivity contribution in [1.29, 1.82) is 0 Å². The van der Waals surface area contributed by atoms with Crippen LogP contribution in [0.25, 0.3) is 0 Å². The molecular formula is C14H20BrNO2. The number of hydrogen-bond donors (Lipinski definition) is 1. The van der Waals surface area contributed by atoms with Crippen LogP contribution in [0.4, 0.5) is 0 Å². The molecule has 1 amide bonds. The molecule has 0 unspecified atom stereocenters. The maximum absolute atomic E-state index is 12.0. The van der Waals surface area contributed by atoms with Gasteiger partial charge < -0.3 is 9.73 Å². The predicted molar refractivity (Wildman–Crippen MR) is 75.1 cm³/mol. The molecule has 0 aromatic carbocycles. The Labute approximate surface area is 116 Å². The van der Waals surface area contributed by atoms with E-state index >= 15 is 0 Å². The molecular weight excluding hydrogens is 294 g/mol. The molecule has 0 aliphatic heterocycles. The van der Waals surface area contributed by atoms with Gasteiger partial charge in [-0.3, -0.25) is 4.79 Å². The summed E-state index contributed by atoms with van der Waals surface area (Å²) in [5.74, 6) is 0.346. The zero-order chi connectivity index (χ0) is 13.0. The Morgan fingerprint density at radius 3 is 2.72 bits per heavy atom. The summed E-state index contributed by atoms with van der Waals surface area (Å²) in [6.45, 7) is 2.62. The van der Waals surface area contributed by atoms with Crippen LogP contribution in [0.3, 0.4) is 0 Å². The molecule has 1 N–H and O–H groups in total. The van der Waals surface area contributed by atoms with E-state index in [9.17, 15) is 4.79 Å². The lowest BCUT2D eigenvalue weighted by Gasteiger charge is -2.35. The lowest BCUT2D eigenvalue weighted by atomic mass is 9.75. The Hall–Kier alpha value is -0.770. The highest BCUT2D eigenvalue weighted by molar-refractivity contribution is 9.09. The van der Waals surface area contributed by atoms with Crippen molar-refractivity contribution in [2.75, 3.05) is 11.9 Å². The quantitative estimate of drug-likeness (QED) is 0.862. The molecule has 0 atom stereocenters. The molecule has 1 heterocycles. The van der Waals surface area contributed by atoms with E-state index in [-0.39, 0.29) is 11.3 Å². The van der Waals surface area contributed by atoms with Gasteiger partial charge in [-0.05, 0) is 31.2 Å². The van der Waals surface area contributed by atoms with E-state index in [1.807, 2.05) is 13.0 Å². The first-order chi connectivity index (χ1) is 8.67. The molecule has 1 fully saturated rings. The summed E-state index contributed by atoms with van der Waals surface area (Å²) >= 11 is 3.61. The first-order valence-electron chi connectivity index (χ1n) is 6.55. The molecule has 1 aliphatic rings. The van der Waals surface area contributed by atoms with E-state index in [1.165, 1.54) is 32.1 Å². The van der Waals surface area contributed by atoms with Gasteiger partial charge in [0.15, 0.2) is 5.76 Å². The minimum Gasteiger partial charge on any atom is -0.459 e. The van der Waals surface area contributed by atoms with Crippen LogP contribution >= 0.6 is 15.9 Å². The number of carbonyl (C=O) groups is 1. The van der Waals surface area contributed by atoms with Crippen molar-refractivity contribution in [3.8, 4) is 0 Å². The summed E-state index contributed by atoms with van der Waals surface area (Å²) in [6.07, 6.45) is 7.79. The fourth-order valence-corrected chi connectivity index (χ4v) is 3.37. The second kappa shape index (κ2) is 5.91. The number of halogens is 1. The largest absolute Gasteiger partial charge is 0.459 e. The lowest BCUT2D eigenvalue weighted by molar-refractivity contribution is 0.0893. The molecule has 1 saturated carbocycles.